The van der Waals surface area contributed by atoms with E-state index in [1.54, 1.807) is 7.11 Å². The molecule has 0 fully saturated rings. The summed E-state index contributed by atoms with van der Waals surface area (Å²) in [6.45, 7) is 3.24. The van der Waals surface area contributed by atoms with E-state index < -0.39 is 0 Å². The zero-order valence-electron chi connectivity index (χ0n) is 10.5. The summed E-state index contributed by atoms with van der Waals surface area (Å²) in [5, 5.41) is 3.21. The maximum atomic E-state index is 5.72. The van der Waals surface area contributed by atoms with Crippen LogP contribution in [-0.4, -0.2) is 33.5 Å². The molecular weight excluding hydrogens is 218 g/mol. The van der Waals surface area contributed by atoms with Crippen molar-refractivity contribution in [3.05, 3.63) is 23.8 Å². The number of nitrogens with one attached hydrogen (secondary N) is 1. The summed E-state index contributed by atoms with van der Waals surface area (Å²) in [6.07, 6.45) is 0.0413. The fourth-order valence-corrected chi connectivity index (χ4v) is 2.00. The van der Waals surface area contributed by atoms with Crippen molar-refractivity contribution in [3.63, 3.8) is 0 Å². The molecule has 1 aliphatic rings. The van der Waals surface area contributed by atoms with E-state index in [1.807, 2.05) is 26.1 Å². The van der Waals surface area contributed by atoms with Crippen molar-refractivity contribution in [2.24, 2.45) is 0 Å². The Hall–Kier alpha value is -1.26. The van der Waals surface area contributed by atoms with Crippen molar-refractivity contribution >= 4 is 0 Å². The van der Waals surface area contributed by atoms with Gasteiger partial charge in [0.2, 0.25) is 0 Å². The van der Waals surface area contributed by atoms with E-state index in [-0.39, 0.29) is 12.1 Å². The normalized spacial score (nSPS) is 19.6. The zero-order valence-corrected chi connectivity index (χ0v) is 10.5. The molecule has 0 aliphatic carbocycles. The minimum Gasteiger partial charge on any atom is -0.491 e. The van der Waals surface area contributed by atoms with Crippen molar-refractivity contribution < 1.29 is 14.2 Å². The van der Waals surface area contributed by atoms with Crippen LogP contribution in [-0.2, 0) is 4.74 Å². The largest absolute Gasteiger partial charge is 0.491 e. The highest BCUT2D eigenvalue weighted by Gasteiger charge is 2.23. The van der Waals surface area contributed by atoms with Gasteiger partial charge in [0.15, 0.2) is 0 Å². The molecule has 1 aromatic rings. The van der Waals surface area contributed by atoms with Crippen LogP contribution in [0.1, 0.15) is 18.5 Å². The molecule has 17 heavy (non-hydrogen) atoms. The highest BCUT2D eigenvalue weighted by molar-refractivity contribution is 5.45. The topological polar surface area (TPSA) is 39.7 Å². The lowest BCUT2D eigenvalue weighted by Crippen LogP contribution is -2.18. The van der Waals surface area contributed by atoms with E-state index in [2.05, 4.69) is 11.4 Å². The van der Waals surface area contributed by atoms with Gasteiger partial charge in [-0.15, -0.1) is 0 Å². The van der Waals surface area contributed by atoms with Crippen LogP contribution in [0.4, 0.5) is 0 Å². The first-order chi connectivity index (χ1) is 8.24. The van der Waals surface area contributed by atoms with Gasteiger partial charge in [0.25, 0.3) is 0 Å². The van der Waals surface area contributed by atoms with Gasteiger partial charge in [0, 0.05) is 18.7 Å². The van der Waals surface area contributed by atoms with Crippen molar-refractivity contribution in [1.82, 2.24) is 5.32 Å². The molecule has 4 nitrogen and oxygen atoms in total. The molecule has 94 valence electrons. The smallest absolute Gasteiger partial charge is 0.127 e. The first kappa shape index (κ1) is 12.2. The van der Waals surface area contributed by atoms with E-state index in [4.69, 9.17) is 14.2 Å². The van der Waals surface area contributed by atoms with Crippen molar-refractivity contribution in [2.45, 2.75) is 19.1 Å². The van der Waals surface area contributed by atoms with Crippen LogP contribution in [0.15, 0.2) is 18.2 Å². The summed E-state index contributed by atoms with van der Waals surface area (Å²) in [5.74, 6) is 1.73. The molecule has 0 aromatic heterocycles. The van der Waals surface area contributed by atoms with Crippen molar-refractivity contribution in [2.75, 3.05) is 27.4 Å². The fourth-order valence-electron chi connectivity index (χ4n) is 2.00. The highest BCUT2D eigenvalue weighted by Crippen LogP contribution is 2.35. The minimum absolute atomic E-state index is 0.0413. The van der Waals surface area contributed by atoms with E-state index in [9.17, 15) is 0 Å². The Morgan fingerprint density at radius 3 is 3.06 bits per heavy atom. The third-order valence-corrected chi connectivity index (χ3v) is 2.85. The van der Waals surface area contributed by atoms with Crippen LogP contribution in [0, 0.1) is 0 Å². The fraction of sp³-hybridized carbons (Fsp3) is 0.538. The molecule has 2 rings (SSSR count). The third kappa shape index (κ3) is 2.70. The number of rotatable bonds is 5. The first-order valence-corrected chi connectivity index (χ1v) is 5.84. The lowest BCUT2D eigenvalue weighted by atomic mass is 10.1. The molecule has 0 amide bonds. The van der Waals surface area contributed by atoms with Gasteiger partial charge >= 0.3 is 0 Å². The number of ether oxygens (including phenoxy) is 3. The van der Waals surface area contributed by atoms with Gasteiger partial charge in [-0.3, -0.25) is 0 Å². The average Bonchev–Trinajstić information content (AvgIpc) is 2.71. The van der Waals surface area contributed by atoms with Gasteiger partial charge in [0.05, 0.1) is 12.6 Å². The number of methoxy groups -OCH3 is 1. The van der Waals surface area contributed by atoms with E-state index in [1.165, 1.54) is 5.56 Å². The Labute approximate surface area is 102 Å². The van der Waals surface area contributed by atoms with Crippen LogP contribution >= 0.6 is 0 Å². The van der Waals surface area contributed by atoms with E-state index in [0.717, 1.165) is 11.5 Å². The molecule has 0 saturated heterocycles. The first-order valence-electron chi connectivity index (χ1n) is 5.84. The van der Waals surface area contributed by atoms with E-state index >= 15 is 0 Å². The molecule has 0 spiro atoms. The standard InChI is InChI=1S/C13H19NO3/c1-9(7-15-3)17-10-4-5-11-12(14-2)8-16-13(11)6-10/h4-6,9,12,14H,7-8H2,1-3H3. The second kappa shape index (κ2) is 5.38. The van der Waals surface area contributed by atoms with Crippen LogP contribution in [0.3, 0.4) is 0 Å². The summed E-state index contributed by atoms with van der Waals surface area (Å²) in [6, 6.07) is 6.26. The number of hydrogen-bond donors (Lipinski definition) is 1. The number of fused-ring (bicyclic) bond motifs is 1. The summed E-state index contributed by atoms with van der Waals surface area (Å²) in [5.41, 5.74) is 1.19. The Morgan fingerprint density at radius 2 is 2.35 bits per heavy atom. The molecule has 1 heterocycles. The monoisotopic (exact) mass is 237 g/mol. The zero-order chi connectivity index (χ0) is 12.3. The quantitative estimate of drug-likeness (QED) is 0.847. The van der Waals surface area contributed by atoms with Gasteiger partial charge in [-0.25, -0.2) is 0 Å². The molecular formula is C13H19NO3. The summed E-state index contributed by atoms with van der Waals surface area (Å²) < 4.78 is 16.4. The Morgan fingerprint density at radius 1 is 1.53 bits per heavy atom. The van der Waals surface area contributed by atoms with Crippen LogP contribution in [0.2, 0.25) is 0 Å². The van der Waals surface area contributed by atoms with Crippen LogP contribution in [0.5, 0.6) is 11.5 Å². The summed E-state index contributed by atoms with van der Waals surface area (Å²) in [4.78, 5) is 0. The molecule has 2 atom stereocenters. The lowest BCUT2D eigenvalue weighted by molar-refractivity contribution is 0.0919. The van der Waals surface area contributed by atoms with Crippen LogP contribution < -0.4 is 14.8 Å². The van der Waals surface area contributed by atoms with Gasteiger partial charge in [-0.05, 0) is 26.1 Å². The summed E-state index contributed by atoms with van der Waals surface area (Å²) in [7, 11) is 3.61. The van der Waals surface area contributed by atoms with E-state index in [0.29, 0.717) is 13.2 Å². The number of benzene rings is 1. The molecule has 1 aliphatic heterocycles. The molecule has 1 aromatic carbocycles. The maximum absolute atomic E-state index is 5.72. The van der Waals surface area contributed by atoms with Gasteiger partial charge in [-0.1, -0.05) is 0 Å². The van der Waals surface area contributed by atoms with Gasteiger partial charge in [-0.2, -0.15) is 0 Å². The number of hydrogen-bond acceptors (Lipinski definition) is 4. The predicted molar refractivity (Wildman–Crippen MR) is 65.7 cm³/mol. The lowest BCUT2D eigenvalue weighted by Gasteiger charge is -2.14. The SMILES string of the molecule is CNC1COc2cc(OC(C)COC)ccc21. The molecule has 0 radical (unpaired) electrons. The summed E-state index contributed by atoms with van der Waals surface area (Å²) >= 11 is 0. The second-order valence-corrected chi connectivity index (χ2v) is 4.24. The Bertz CT molecular complexity index is 381. The predicted octanol–water partition coefficient (Wildman–Crippen LogP) is 1.75. The molecule has 1 N–H and O–H groups in total. The number of likely N-dealkylation sites (N-methyl/N-ethyl adjacent to an activating group) is 1. The molecule has 0 bridgehead atoms. The maximum Gasteiger partial charge on any atom is 0.127 e. The highest BCUT2D eigenvalue weighted by atomic mass is 16.5. The molecule has 2 unspecified atom stereocenters. The Balaban J connectivity index is 2.07. The molecule has 0 saturated carbocycles. The minimum atomic E-state index is 0.0413. The third-order valence-electron chi connectivity index (χ3n) is 2.85. The van der Waals surface area contributed by atoms with Crippen LogP contribution in [0.25, 0.3) is 0 Å². The average molecular weight is 237 g/mol. The van der Waals surface area contributed by atoms with Gasteiger partial charge < -0.3 is 19.5 Å². The van der Waals surface area contributed by atoms with Gasteiger partial charge in [0.1, 0.15) is 24.2 Å². The second-order valence-electron chi connectivity index (χ2n) is 4.24. The molecule has 4 heteroatoms. The Kier molecular flexibility index (Phi) is 3.86. The van der Waals surface area contributed by atoms with Crippen molar-refractivity contribution in [3.8, 4) is 11.5 Å². The van der Waals surface area contributed by atoms with Crippen molar-refractivity contribution in [1.29, 1.82) is 0 Å².